The molecule has 0 heterocycles. The molecule has 3 nitrogen and oxygen atoms in total. The van der Waals surface area contributed by atoms with Crippen molar-refractivity contribution in [1.29, 1.82) is 0 Å². The van der Waals surface area contributed by atoms with Gasteiger partial charge in [0.1, 0.15) is 0 Å². The van der Waals surface area contributed by atoms with Crippen molar-refractivity contribution in [2.24, 2.45) is 0 Å². The summed E-state index contributed by atoms with van der Waals surface area (Å²) in [6.07, 6.45) is 13.5. The van der Waals surface area contributed by atoms with Crippen molar-refractivity contribution in [2.75, 3.05) is 39.6 Å². The van der Waals surface area contributed by atoms with E-state index < -0.39 is 0 Å². The zero-order chi connectivity index (χ0) is 14.0. The minimum absolute atomic E-state index is 0.601. The molecule has 0 atom stereocenters. The van der Waals surface area contributed by atoms with Crippen LogP contribution in [0.4, 0.5) is 0 Å². The first kappa shape index (κ1) is 17.8. The lowest BCUT2D eigenvalue weighted by molar-refractivity contribution is 0.143. The maximum atomic E-state index is 5.47. The molecule has 0 unspecified atom stereocenters. The van der Waals surface area contributed by atoms with E-state index in [2.05, 4.69) is 25.3 Å². The Morgan fingerprint density at radius 1 is 0.579 bits per heavy atom. The van der Waals surface area contributed by atoms with E-state index in [1.807, 2.05) is 12.2 Å². The highest BCUT2D eigenvalue weighted by atomic mass is 16.5. The van der Waals surface area contributed by atoms with Gasteiger partial charge in [-0.3, -0.25) is 0 Å². The van der Waals surface area contributed by atoms with Gasteiger partial charge in [-0.1, -0.05) is 36.5 Å². The largest absolute Gasteiger partial charge is 0.381 e. The summed E-state index contributed by atoms with van der Waals surface area (Å²) in [5.74, 6) is 0. The van der Waals surface area contributed by atoms with Gasteiger partial charge in [0.15, 0.2) is 0 Å². The quantitative estimate of drug-likeness (QED) is 0.357. The Balaban J connectivity index is 3.13. The summed E-state index contributed by atoms with van der Waals surface area (Å²) < 4.78 is 15.9. The molecule has 0 fully saturated rings. The van der Waals surface area contributed by atoms with Gasteiger partial charge in [-0.15, -0.1) is 13.2 Å². The molecular weight excluding hydrogens is 240 g/mol. The molecule has 108 valence electrons. The number of hydrogen-bond acceptors (Lipinski definition) is 3. The average molecular weight is 266 g/mol. The topological polar surface area (TPSA) is 27.7 Å². The fraction of sp³-hybridized carbons (Fsp3) is 0.500. The highest BCUT2D eigenvalue weighted by Crippen LogP contribution is 1.90. The van der Waals surface area contributed by atoms with Crippen LogP contribution in [0.5, 0.6) is 0 Å². The predicted molar refractivity (Wildman–Crippen MR) is 80.4 cm³/mol. The minimum atomic E-state index is 0.601. The maximum absolute atomic E-state index is 5.47. The van der Waals surface area contributed by atoms with Crippen molar-refractivity contribution in [1.82, 2.24) is 0 Å². The van der Waals surface area contributed by atoms with Crippen LogP contribution in [0.2, 0.25) is 0 Å². The normalized spacial score (nSPS) is 11.4. The first-order valence-corrected chi connectivity index (χ1v) is 6.66. The minimum Gasteiger partial charge on any atom is -0.381 e. The number of ether oxygens (including phenoxy) is 3. The summed E-state index contributed by atoms with van der Waals surface area (Å²) in [5, 5.41) is 0. The highest BCUT2D eigenvalue weighted by molar-refractivity contribution is 4.83. The third kappa shape index (κ3) is 16.8. The van der Waals surface area contributed by atoms with Crippen molar-refractivity contribution < 1.29 is 14.2 Å². The van der Waals surface area contributed by atoms with Crippen molar-refractivity contribution in [3.8, 4) is 0 Å². The first-order chi connectivity index (χ1) is 9.41. The van der Waals surface area contributed by atoms with Crippen molar-refractivity contribution in [3.63, 3.8) is 0 Å². The van der Waals surface area contributed by atoms with Crippen molar-refractivity contribution in [2.45, 2.75) is 12.8 Å². The van der Waals surface area contributed by atoms with Crippen LogP contribution in [0.15, 0.2) is 49.6 Å². The average Bonchev–Trinajstić information content (AvgIpc) is 2.43. The zero-order valence-corrected chi connectivity index (χ0v) is 11.8. The molecule has 0 amide bonds. The van der Waals surface area contributed by atoms with Gasteiger partial charge in [0.2, 0.25) is 0 Å². The van der Waals surface area contributed by atoms with E-state index in [1.54, 1.807) is 12.2 Å². The zero-order valence-electron chi connectivity index (χ0n) is 11.8. The molecule has 19 heavy (non-hydrogen) atoms. The molecular formula is C16H26O3. The van der Waals surface area contributed by atoms with Gasteiger partial charge in [-0.2, -0.15) is 0 Å². The van der Waals surface area contributed by atoms with Crippen LogP contribution >= 0.6 is 0 Å². The lowest BCUT2D eigenvalue weighted by Crippen LogP contribution is -1.95. The Hall–Kier alpha value is -1.16. The molecule has 0 aromatic rings. The van der Waals surface area contributed by atoms with E-state index in [-0.39, 0.29) is 0 Å². The molecule has 3 heteroatoms. The van der Waals surface area contributed by atoms with Gasteiger partial charge in [0.25, 0.3) is 0 Å². The Labute approximate surface area is 117 Å². The Morgan fingerprint density at radius 3 is 1.47 bits per heavy atom. The molecule has 0 aromatic carbocycles. The lowest BCUT2D eigenvalue weighted by atomic mass is 10.4. The summed E-state index contributed by atoms with van der Waals surface area (Å²) in [6.45, 7) is 11.1. The van der Waals surface area contributed by atoms with Crippen LogP contribution in [0.1, 0.15) is 12.8 Å². The fourth-order valence-corrected chi connectivity index (χ4v) is 1.22. The van der Waals surface area contributed by atoms with Gasteiger partial charge in [0.05, 0.1) is 39.6 Å². The molecule has 0 aliphatic heterocycles. The van der Waals surface area contributed by atoms with E-state index in [0.717, 1.165) is 26.1 Å². The Morgan fingerprint density at radius 2 is 1.05 bits per heavy atom. The summed E-state index contributed by atoms with van der Waals surface area (Å²) in [5.41, 5.74) is 0. The molecule has 0 spiro atoms. The summed E-state index contributed by atoms with van der Waals surface area (Å²) in [4.78, 5) is 0. The van der Waals surface area contributed by atoms with Crippen molar-refractivity contribution in [3.05, 3.63) is 49.6 Å². The van der Waals surface area contributed by atoms with E-state index in [4.69, 9.17) is 14.2 Å². The van der Waals surface area contributed by atoms with Crippen LogP contribution in [0.3, 0.4) is 0 Å². The van der Waals surface area contributed by atoms with Crippen LogP contribution < -0.4 is 0 Å². The first-order valence-electron chi connectivity index (χ1n) is 6.66. The fourth-order valence-electron chi connectivity index (χ4n) is 1.22. The SMILES string of the molecule is C=CCOC/C=C\CCOCC/C=C\COCC=C. The molecule has 0 rings (SSSR count). The van der Waals surface area contributed by atoms with Gasteiger partial charge in [0, 0.05) is 0 Å². The summed E-state index contributed by atoms with van der Waals surface area (Å²) >= 11 is 0. The molecule has 0 bridgehead atoms. The smallest absolute Gasteiger partial charge is 0.0651 e. The Bertz CT molecular complexity index is 231. The molecule has 0 saturated heterocycles. The monoisotopic (exact) mass is 266 g/mol. The number of rotatable bonds is 14. The standard InChI is InChI=1S/C16H26O3/c1-3-11-17-13-7-5-9-15-19-16-10-6-8-14-18-12-4-2/h3-8H,1-2,9-16H2/b7-5-,8-6-. The van der Waals surface area contributed by atoms with E-state index in [0.29, 0.717) is 26.4 Å². The molecule has 0 radical (unpaired) electrons. The van der Waals surface area contributed by atoms with Gasteiger partial charge < -0.3 is 14.2 Å². The van der Waals surface area contributed by atoms with Crippen LogP contribution in [0.25, 0.3) is 0 Å². The van der Waals surface area contributed by atoms with Crippen molar-refractivity contribution >= 4 is 0 Å². The van der Waals surface area contributed by atoms with E-state index in [9.17, 15) is 0 Å². The third-order valence-electron chi connectivity index (χ3n) is 2.09. The maximum Gasteiger partial charge on any atom is 0.0651 e. The van der Waals surface area contributed by atoms with Gasteiger partial charge in [-0.25, -0.2) is 0 Å². The van der Waals surface area contributed by atoms with Crippen LogP contribution in [-0.4, -0.2) is 39.6 Å². The lowest BCUT2D eigenvalue weighted by Gasteiger charge is -1.99. The van der Waals surface area contributed by atoms with Crippen LogP contribution in [0, 0.1) is 0 Å². The van der Waals surface area contributed by atoms with Gasteiger partial charge >= 0.3 is 0 Å². The third-order valence-corrected chi connectivity index (χ3v) is 2.09. The van der Waals surface area contributed by atoms with Crippen LogP contribution in [-0.2, 0) is 14.2 Å². The van der Waals surface area contributed by atoms with E-state index >= 15 is 0 Å². The second kappa shape index (κ2) is 16.8. The molecule has 0 aliphatic carbocycles. The molecule has 0 aromatic heterocycles. The highest BCUT2D eigenvalue weighted by Gasteiger charge is 1.85. The molecule has 0 aliphatic rings. The molecule has 0 N–H and O–H groups in total. The molecule has 0 saturated carbocycles. The summed E-state index contributed by atoms with van der Waals surface area (Å²) in [6, 6.07) is 0. The second-order valence-corrected chi connectivity index (χ2v) is 3.78. The van der Waals surface area contributed by atoms with E-state index in [1.165, 1.54) is 0 Å². The Kier molecular flexibility index (Phi) is 15.8. The van der Waals surface area contributed by atoms with Gasteiger partial charge in [-0.05, 0) is 12.8 Å². The second-order valence-electron chi connectivity index (χ2n) is 3.78. The predicted octanol–water partition coefficient (Wildman–Crippen LogP) is 3.30. The summed E-state index contributed by atoms with van der Waals surface area (Å²) in [7, 11) is 0. The number of hydrogen-bond donors (Lipinski definition) is 0.